The van der Waals surface area contributed by atoms with Gasteiger partial charge in [0.2, 0.25) is 0 Å². The minimum absolute atomic E-state index is 0.0421. The van der Waals surface area contributed by atoms with Crippen LogP contribution in [0.5, 0.6) is 5.75 Å². The SMILES string of the molecule is COC(=O)Cn1cc2c(n1)-c1ccc(C)cc1OC21CCN(C(=O)OCC2CC2)CC1. The fourth-order valence-corrected chi connectivity index (χ4v) is 4.39. The summed E-state index contributed by atoms with van der Waals surface area (Å²) in [5.41, 5.74) is 3.22. The van der Waals surface area contributed by atoms with Crippen LogP contribution >= 0.6 is 0 Å². The van der Waals surface area contributed by atoms with Gasteiger partial charge < -0.3 is 19.1 Å². The first-order chi connectivity index (χ1) is 15.0. The number of fused-ring (bicyclic) bond motifs is 4. The van der Waals surface area contributed by atoms with E-state index in [2.05, 4.69) is 0 Å². The predicted molar refractivity (Wildman–Crippen MR) is 112 cm³/mol. The van der Waals surface area contributed by atoms with Crippen molar-refractivity contribution in [2.24, 2.45) is 5.92 Å². The van der Waals surface area contributed by atoms with E-state index >= 15 is 0 Å². The smallest absolute Gasteiger partial charge is 0.409 e. The van der Waals surface area contributed by atoms with Gasteiger partial charge in [0, 0.05) is 43.3 Å². The number of hydrogen-bond donors (Lipinski definition) is 0. The second-order valence-corrected chi connectivity index (χ2v) is 8.77. The second-order valence-electron chi connectivity index (χ2n) is 8.77. The fourth-order valence-electron chi connectivity index (χ4n) is 4.39. The van der Waals surface area contributed by atoms with Gasteiger partial charge in [-0.1, -0.05) is 6.07 Å². The molecular weight excluding hydrogens is 398 g/mol. The zero-order valence-electron chi connectivity index (χ0n) is 17.9. The van der Waals surface area contributed by atoms with Gasteiger partial charge in [-0.25, -0.2) is 4.79 Å². The Balaban J connectivity index is 1.41. The lowest BCUT2D eigenvalue weighted by Gasteiger charge is -2.43. The molecule has 3 aliphatic rings. The third-order valence-electron chi connectivity index (χ3n) is 6.44. The molecule has 2 aliphatic heterocycles. The van der Waals surface area contributed by atoms with Crippen LogP contribution in [-0.4, -0.2) is 53.5 Å². The van der Waals surface area contributed by atoms with E-state index in [1.54, 1.807) is 9.58 Å². The summed E-state index contributed by atoms with van der Waals surface area (Å²) in [5.74, 6) is 0.984. The molecule has 0 radical (unpaired) electrons. The Bertz CT molecular complexity index is 1020. The maximum atomic E-state index is 12.4. The highest BCUT2D eigenvalue weighted by Crippen LogP contribution is 2.49. The minimum atomic E-state index is -0.586. The number of aromatic nitrogens is 2. The maximum absolute atomic E-state index is 12.4. The molecule has 0 atom stereocenters. The molecule has 1 aliphatic carbocycles. The van der Waals surface area contributed by atoms with Crippen LogP contribution in [0.25, 0.3) is 11.3 Å². The number of likely N-dealkylation sites (tertiary alicyclic amines) is 1. The van der Waals surface area contributed by atoms with Crippen molar-refractivity contribution in [2.45, 2.75) is 44.8 Å². The predicted octanol–water partition coefficient (Wildman–Crippen LogP) is 3.26. The molecule has 31 heavy (non-hydrogen) atoms. The zero-order chi connectivity index (χ0) is 21.6. The number of amides is 1. The molecule has 0 unspecified atom stereocenters. The summed E-state index contributed by atoms with van der Waals surface area (Å²) in [6.07, 6.45) is 5.22. The number of aryl methyl sites for hydroxylation is 1. The van der Waals surface area contributed by atoms with Crippen molar-refractivity contribution in [1.29, 1.82) is 0 Å². The number of rotatable bonds is 4. The van der Waals surface area contributed by atoms with Gasteiger partial charge in [0.15, 0.2) is 0 Å². The van der Waals surface area contributed by atoms with Crippen molar-refractivity contribution in [3.63, 3.8) is 0 Å². The molecule has 5 rings (SSSR count). The van der Waals surface area contributed by atoms with E-state index in [1.807, 2.05) is 31.3 Å². The molecule has 0 bridgehead atoms. The van der Waals surface area contributed by atoms with Gasteiger partial charge in [0.25, 0.3) is 0 Å². The van der Waals surface area contributed by atoms with Gasteiger partial charge in [-0.3, -0.25) is 9.48 Å². The Hall–Kier alpha value is -3.03. The van der Waals surface area contributed by atoms with Crippen LogP contribution in [0, 0.1) is 12.8 Å². The first-order valence-corrected chi connectivity index (χ1v) is 10.8. The van der Waals surface area contributed by atoms with E-state index in [4.69, 9.17) is 19.3 Å². The Kier molecular flexibility index (Phi) is 4.87. The molecule has 0 N–H and O–H groups in total. The largest absolute Gasteiger partial charge is 0.482 e. The lowest BCUT2D eigenvalue weighted by atomic mass is 9.81. The van der Waals surface area contributed by atoms with Gasteiger partial charge in [0.05, 0.1) is 13.7 Å². The van der Waals surface area contributed by atoms with Gasteiger partial charge >= 0.3 is 12.1 Å². The van der Waals surface area contributed by atoms with Crippen LogP contribution in [0.1, 0.15) is 36.8 Å². The van der Waals surface area contributed by atoms with Crippen molar-refractivity contribution >= 4 is 12.1 Å². The molecule has 2 fully saturated rings. The summed E-state index contributed by atoms with van der Waals surface area (Å²) < 4.78 is 18.5. The summed E-state index contributed by atoms with van der Waals surface area (Å²) in [5, 5.41) is 4.70. The van der Waals surface area contributed by atoms with Crippen LogP contribution in [0.15, 0.2) is 24.4 Å². The Morgan fingerprint density at radius 2 is 2.03 bits per heavy atom. The van der Waals surface area contributed by atoms with Crippen LogP contribution in [-0.2, 0) is 26.4 Å². The molecule has 1 saturated heterocycles. The van der Waals surface area contributed by atoms with Crippen molar-refractivity contribution in [2.75, 3.05) is 26.8 Å². The first-order valence-electron chi connectivity index (χ1n) is 10.8. The highest BCUT2D eigenvalue weighted by atomic mass is 16.6. The summed E-state index contributed by atoms with van der Waals surface area (Å²) in [4.78, 5) is 26.0. The van der Waals surface area contributed by atoms with Gasteiger partial charge in [-0.15, -0.1) is 0 Å². The normalized spacial score (nSPS) is 18.7. The number of carbonyl (C=O) groups excluding carboxylic acids is 2. The van der Waals surface area contributed by atoms with E-state index in [1.165, 1.54) is 7.11 Å². The first kappa shape index (κ1) is 19.9. The molecule has 2 aromatic rings. The van der Waals surface area contributed by atoms with E-state index < -0.39 is 5.60 Å². The zero-order valence-corrected chi connectivity index (χ0v) is 17.9. The van der Waals surface area contributed by atoms with Crippen LogP contribution in [0.2, 0.25) is 0 Å². The van der Waals surface area contributed by atoms with Crippen molar-refractivity contribution in [3.05, 3.63) is 35.5 Å². The van der Waals surface area contributed by atoms with Crippen LogP contribution in [0.3, 0.4) is 0 Å². The molecule has 1 amide bonds. The highest BCUT2D eigenvalue weighted by molar-refractivity contribution is 5.75. The molecule has 1 spiro atoms. The topological polar surface area (TPSA) is 82.9 Å². The number of piperidine rings is 1. The Morgan fingerprint density at radius 3 is 2.74 bits per heavy atom. The molecule has 8 nitrogen and oxygen atoms in total. The van der Waals surface area contributed by atoms with E-state index in [0.29, 0.717) is 38.5 Å². The summed E-state index contributed by atoms with van der Waals surface area (Å²) in [6, 6.07) is 6.06. The van der Waals surface area contributed by atoms with E-state index in [0.717, 1.165) is 41.0 Å². The molecule has 164 valence electrons. The number of nitrogens with zero attached hydrogens (tertiary/aromatic N) is 3. The van der Waals surface area contributed by atoms with Gasteiger partial charge in [-0.2, -0.15) is 5.10 Å². The molecule has 1 aromatic carbocycles. The lowest BCUT2D eigenvalue weighted by molar-refractivity contribution is -0.141. The number of hydrogen-bond acceptors (Lipinski definition) is 6. The highest BCUT2D eigenvalue weighted by Gasteiger charge is 2.46. The van der Waals surface area contributed by atoms with E-state index in [-0.39, 0.29) is 18.6 Å². The fraction of sp³-hybridized carbons (Fsp3) is 0.522. The molecule has 1 saturated carbocycles. The average molecular weight is 425 g/mol. The third kappa shape index (κ3) is 3.75. The minimum Gasteiger partial charge on any atom is -0.482 e. The maximum Gasteiger partial charge on any atom is 0.409 e. The summed E-state index contributed by atoms with van der Waals surface area (Å²) in [6.45, 7) is 3.69. The standard InChI is InChI=1S/C23H27N3O5/c1-15-3-6-17-19(11-15)31-23(18-12-26(24-21(17)18)13-20(27)29-2)7-9-25(10-8-23)22(28)30-14-16-4-5-16/h3,6,11-12,16H,4-5,7-10,13-14H2,1-2H3. The Morgan fingerprint density at radius 1 is 1.26 bits per heavy atom. The molecule has 8 heteroatoms. The summed E-state index contributed by atoms with van der Waals surface area (Å²) in [7, 11) is 1.37. The third-order valence-corrected chi connectivity index (χ3v) is 6.44. The summed E-state index contributed by atoms with van der Waals surface area (Å²) >= 11 is 0. The number of ether oxygens (including phenoxy) is 3. The van der Waals surface area contributed by atoms with Crippen molar-refractivity contribution < 1.29 is 23.8 Å². The molecular formula is C23H27N3O5. The van der Waals surface area contributed by atoms with Crippen molar-refractivity contribution in [1.82, 2.24) is 14.7 Å². The van der Waals surface area contributed by atoms with Crippen molar-refractivity contribution in [3.8, 4) is 17.0 Å². The average Bonchev–Trinajstić information content (AvgIpc) is 3.50. The Labute approximate surface area is 181 Å². The van der Waals surface area contributed by atoms with Gasteiger partial charge in [0.1, 0.15) is 23.6 Å². The number of carbonyl (C=O) groups is 2. The quantitative estimate of drug-likeness (QED) is 0.700. The number of esters is 1. The molecule has 1 aromatic heterocycles. The number of benzene rings is 1. The lowest BCUT2D eigenvalue weighted by Crippen LogP contribution is -2.49. The second kappa shape index (κ2) is 7.59. The molecule has 3 heterocycles. The monoisotopic (exact) mass is 425 g/mol. The van der Waals surface area contributed by atoms with Gasteiger partial charge in [-0.05, 0) is 43.4 Å². The number of methoxy groups -OCH3 is 1. The van der Waals surface area contributed by atoms with Crippen LogP contribution in [0.4, 0.5) is 4.79 Å². The van der Waals surface area contributed by atoms with Crippen LogP contribution < -0.4 is 4.74 Å². The van der Waals surface area contributed by atoms with E-state index in [9.17, 15) is 9.59 Å².